The van der Waals surface area contributed by atoms with Gasteiger partial charge in [-0.05, 0) is 17.7 Å². The van der Waals surface area contributed by atoms with Gasteiger partial charge < -0.3 is 15.5 Å². The Balaban J connectivity index is 0.00000400. The summed E-state index contributed by atoms with van der Waals surface area (Å²) >= 11 is 5.83. The second-order valence-corrected chi connectivity index (χ2v) is 4.95. The highest BCUT2D eigenvalue weighted by molar-refractivity contribution is 14.0. The van der Waals surface area contributed by atoms with E-state index in [4.69, 9.17) is 11.6 Å². The summed E-state index contributed by atoms with van der Waals surface area (Å²) in [6.45, 7) is 1.20. The summed E-state index contributed by atoms with van der Waals surface area (Å²) in [6, 6.07) is 7.62. The van der Waals surface area contributed by atoms with Crippen molar-refractivity contribution in [3.05, 3.63) is 34.9 Å². The van der Waals surface area contributed by atoms with E-state index in [-0.39, 0.29) is 29.9 Å². The standard InChI is InChI=1S/C14H21ClN4O.HI/c1-16-14(17-9-8-13(20)19(2)3)18-10-11-4-6-12(15)7-5-11;/h4-7H,8-10H2,1-3H3,(H2,16,17,18);1H. The van der Waals surface area contributed by atoms with Crippen molar-refractivity contribution < 1.29 is 4.79 Å². The lowest BCUT2D eigenvalue weighted by Gasteiger charge is -2.13. The largest absolute Gasteiger partial charge is 0.356 e. The molecule has 0 aliphatic carbocycles. The zero-order valence-electron chi connectivity index (χ0n) is 12.5. The van der Waals surface area contributed by atoms with Crippen molar-refractivity contribution in [2.75, 3.05) is 27.7 Å². The first-order chi connectivity index (χ1) is 9.52. The Bertz CT molecular complexity index is 463. The molecule has 1 amide bonds. The minimum Gasteiger partial charge on any atom is -0.356 e. The highest BCUT2D eigenvalue weighted by Crippen LogP contribution is 2.08. The minimum absolute atomic E-state index is 0. The van der Waals surface area contributed by atoms with Crippen LogP contribution in [0, 0.1) is 0 Å². The Labute approximate surface area is 148 Å². The second-order valence-electron chi connectivity index (χ2n) is 4.52. The predicted molar refractivity (Wildman–Crippen MR) is 98.4 cm³/mol. The van der Waals surface area contributed by atoms with Crippen LogP contribution in [0.5, 0.6) is 0 Å². The maximum Gasteiger partial charge on any atom is 0.223 e. The zero-order chi connectivity index (χ0) is 15.0. The van der Waals surface area contributed by atoms with E-state index in [1.54, 1.807) is 26.0 Å². The first-order valence-corrected chi connectivity index (χ1v) is 6.80. The summed E-state index contributed by atoms with van der Waals surface area (Å²) in [4.78, 5) is 17.1. The Hall–Kier alpha value is -1.02. The van der Waals surface area contributed by atoms with E-state index in [1.807, 2.05) is 24.3 Å². The van der Waals surface area contributed by atoms with Gasteiger partial charge in [0.05, 0.1) is 0 Å². The van der Waals surface area contributed by atoms with Crippen LogP contribution >= 0.6 is 35.6 Å². The van der Waals surface area contributed by atoms with Gasteiger partial charge in [-0.3, -0.25) is 9.79 Å². The third-order valence-electron chi connectivity index (χ3n) is 2.73. The van der Waals surface area contributed by atoms with Crippen LogP contribution in [0.2, 0.25) is 5.02 Å². The number of nitrogens with zero attached hydrogens (tertiary/aromatic N) is 2. The van der Waals surface area contributed by atoms with Crippen LogP contribution in [0.25, 0.3) is 0 Å². The van der Waals surface area contributed by atoms with E-state index in [1.165, 1.54) is 0 Å². The number of hydrogen-bond acceptors (Lipinski definition) is 2. The first kappa shape index (κ1) is 20.0. The molecule has 1 aromatic carbocycles. The Kier molecular flexibility index (Phi) is 10.2. The van der Waals surface area contributed by atoms with E-state index in [0.29, 0.717) is 25.5 Å². The quantitative estimate of drug-likeness (QED) is 0.432. The van der Waals surface area contributed by atoms with Crippen LogP contribution in [0.4, 0.5) is 0 Å². The summed E-state index contributed by atoms with van der Waals surface area (Å²) in [5.41, 5.74) is 1.11. The van der Waals surface area contributed by atoms with E-state index in [0.717, 1.165) is 10.6 Å². The summed E-state index contributed by atoms with van der Waals surface area (Å²) in [6.07, 6.45) is 0.439. The molecule has 0 aromatic heterocycles. The second kappa shape index (κ2) is 10.7. The molecular formula is C14H22ClIN4O. The summed E-state index contributed by atoms with van der Waals surface area (Å²) < 4.78 is 0. The highest BCUT2D eigenvalue weighted by atomic mass is 127. The summed E-state index contributed by atoms with van der Waals surface area (Å²) in [5.74, 6) is 0.761. The van der Waals surface area contributed by atoms with Gasteiger partial charge >= 0.3 is 0 Å². The van der Waals surface area contributed by atoms with Crippen molar-refractivity contribution in [1.29, 1.82) is 0 Å². The van der Waals surface area contributed by atoms with Crippen molar-refractivity contribution >= 4 is 47.4 Å². The average Bonchev–Trinajstić information content (AvgIpc) is 2.44. The number of carbonyl (C=O) groups is 1. The maximum atomic E-state index is 11.4. The predicted octanol–water partition coefficient (Wildman–Crippen LogP) is 2.10. The fourth-order valence-corrected chi connectivity index (χ4v) is 1.65. The van der Waals surface area contributed by atoms with Crippen molar-refractivity contribution in [3.8, 4) is 0 Å². The van der Waals surface area contributed by atoms with Crippen LogP contribution in [0.3, 0.4) is 0 Å². The van der Waals surface area contributed by atoms with Gasteiger partial charge in [-0.2, -0.15) is 0 Å². The third kappa shape index (κ3) is 8.11. The fourth-order valence-electron chi connectivity index (χ4n) is 1.52. The number of benzene rings is 1. The number of hydrogen-bond donors (Lipinski definition) is 2. The number of amides is 1. The number of carbonyl (C=O) groups excluding carboxylic acids is 1. The minimum atomic E-state index is 0. The lowest BCUT2D eigenvalue weighted by atomic mass is 10.2. The van der Waals surface area contributed by atoms with Gasteiger partial charge in [0.15, 0.2) is 5.96 Å². The topological polar surface area (TPSA) is 56.7 Å². The van der Waals surface area contributed by atoms with Gasteiger partial charge in [0.2, 0.25) is 5.91 Å². The lowest BCUT2D eigenvalue weighted by molar-refractivity contribution is -0.128. The Morgan fingerprint density at radius 1 is 1.24 bits per heavy atom. The van der Waals surface area contributed by atoms with Gasteiger partial charge in [-0.15, -0.1) is 24.0 Å². The molecule has 1 aromatic rings. The van der Waals surface area contributed by atoms with Crippen LogP contribution in [0.1, 0.15) is 12.0 Å². The van der Waals surface area contributed by atoms with Crippen molar-refractivity contribution in [3.63, 3.8) is 0 Å². The van der Waals surface area contributed by atoms with E-state index < -0.39 is 0 Å². The van der Waals surface area contributed by atoms with E-state index >= 15 is 0 Å². The smallest absolute Gasteiger partial charge is 0.223 e. The molecule has 0 radical (unpaired) electrons. The molecule has 0 heterocycles. The van der Waals surface area contributed by atoms with Crippen molar-refractivity contribution in [1.82, 2.24) is 15.5 Å². The molecule has 0 spiro atoms. The molecule has 0 bridgehead atoms. The molecule has 0 aliphatic rings. The average molecular weight is 425 g/mol. The number of nitrogens with one attached hydrogen (secondary N) is 2. The molecule has 7 heteroatoms. The molecule has 0 atom stereocenters. The van der Waals surface area contributed by atoms with Crippen LogP contribution in [0.15, 0.2) is 29.3 Å². The van der Waals surface area contributed by atoms with Gasteiger partial charge in [-0.25, -0.2) is 0 Å². The molecule has 5 nitrogen and oxygen atoms in total. The normalized spacial score (nSPS) is 10.6. The van der Waals surface area contributed by atoms with Gasteiger partial charge in [0, 0.05) is 45.7 Å². The molecular weight excluding hydrogens is 403 g/mol. The molecule has 118 valence electrons. The van der Waals surface area contributed by atoms with E-state index in [9.17, 15) is 4.79 Å². The number of guanidine groups is 1. The first-order valence-electron chi connectivity index (χ1n) is 6.42. The molecule has 0 saturated heterocycles. The fraction of sp³-hybridized carbons (Fsp3) is 0.429. The van der Waals surface area contributed by atoms with Crippen LogP contribution < -0.4 is 10.6 Å². The molecule has 0 saturated carbocycles. The number of halogens is 2. The molecule has 2 N–H and O–H groups in total. The van der Waals surface area contributed by atoms with Gasteiger partial charge in [0.1, 0.15) is 0 Å². The molecule has 0 aliphatic heterocycles. The molecule has 21 heavy (non-hydrogen) atoms. The summed E-state index contributed by atoms with van der Waals surface area (Å²) in [5, 5.41) is 7.00. The molecule has 1 rings (SSSR count). The maximum absolute atomic E-state index is 11.4. The third-order valence-corrected chi connectivity index (χ3v) is 2.98. The van der Waals surface area contributed by atoms with Gasteiger partial charge in [0.25, 0.3) is 0 Å². The SMILES string of the molecule is CN=C(NCCC(=O)N(C)C)NCc1ccc(Cl)cc1.I. The van der Waals surface area contributed by atoms with Gasteiger partial charge in [-0.1, -0.05) is 23.7 Å². The van der Waals surface area contributed by atoms with Crippen LogP contribution in [-0.2, 0) is 11.3 Å². The number of aliphatic imine (C=N–C) groups is 1. The highest BCUT2D eigenvalue weighted by Gasteiger charge is 2.04. The monoisotopic (exact) mass is 424 g/mol. The lowest BCUT2D eigenvalue weighted by Crippen LogP contribution is -2.38. The summed E-state index contributed by atoms with van der Waals surface area (Å²) in [7, 11) is 5.19. The van der Waals surface area contributed by atoms with E-state index in [2.05, 4.69) is 15.6 Å². The Morgan fingerprint density at radius 2 is 1.86 bits per heavy atom. The zero-order valence-corrected chi connectivity index (χ0v) is 15.6. The van der Waals surface area contributed by atoms with Crippen LogP contribution in [-0.4, -0.2) is 44.5 Å². The molecule has 0 unspecified atom stereocenters. The molecule has 0 fully saturated rings. The number of rotatable bonds is 5. The van der Waals surface area contributed by atoms with Crippen molar-refractivity contribution in [2.24, 2.45) is 4.99 Å². The Morgan fingerprint density at radius 3 is 2.38 bits per heavy atom. The van der Waals surface area contributed by atoms with Crippen molar-refractivity contribution in [2.45, 2.75) is 13.0 Å².